The Kier molecular flexibility index (Phi) is 5.07. The predicted octanol–water partition coefficient (Wildman–Crippen LogP) is 4.70. The van der Waals surface area contributed by atoms with Crippen molar-refractivity contribution in [3.05, 3.63) is 64.1 Å². The Morgan fingerprint density at radius 3 is 2.41 bits per heavy atom. The maximum Gasteiger partial charge on any atom is 0.573 e. The molecule has 7 heteroatoms. The highest BCUT2D eigenvalue weighted by Crippen LogP contribution is 2.28. The number of carbonyl (C=O) groups excluding carboxylic acids is 1. The van der Waals surface area contributed by atoms with Crippen molar-refractivity contribution in [1.82, 2.24) is 0 Å². The Morgan fingerprint density at radius 1 is 1.09 bits per heavy atom. The minimum atomic E-state index is -4.82. The number of hydrogen-bond acceptors (Lipinski definition) is 3. The molecule has 0 aliphatic heterocycles. The van der Waals surface area contributed by atoms with Gasteiger partial charge in [0.15, 0.2) is 0 Å². The van der Waals surface area contributed by atoms with E-state index in [1.807, 2.05) is 6.07 Å². The van der Waals surface area contributed by atoms with E-state index >= 15 is 0 Å². The van der Waals surface area contributed by atoms with Gasteiger partial charge in [-0.1, -0.05) is 30.3 Å². The number of esters is 1. The highest BCUT2D eigenvalue weighted by Gasteiger charge is 2.31. The molecule has 0 fully saturated rings. The molecule has 0 aliphatic carbocycles. The predicted molar refractivity (Wildman–Crippen MR) is 76.4 cm³/mol. The van der Waals surface area contributed by atoms with Crippen molar-refractivity contribution in [3.8, 4) is 5.75 Å². The summed E-state index contributed by atoms with van der Waals surface area (Å²) in [5, 5.41) is 0. The molecule has 116 valence electrons. The standard InChI is InChI=1S/C15H10BrF3O3/c16-13-7-6-11(22-15(17,18)19)8-12(13)14(20)21-9-10-4-2-1-3-5-10/h1-8H,9H2. The van der Waals surface area contributed by atoms with Crippen LogP contribution in [0.25, 0.3) is 0 Å². The van der Waals surface area contributed by atoms with Gasteiger partial charge in [-0.15, -0.1) is 13.2 Å². The monoisotopic (exact) mass is 374 g/mol. The molecule has 22 heavy (non-hydrogen) atoms. The summed E-state index contributed by atoms with van der Waals surface area (Å²) >= 11 is 3.10. The van der Waals surface area contributed by atoms with Gasteiger partial charge >= 0.3 is 12.3 Å². The summed E-state index contributed by atoms with van der Waals surface area (Å²) in [5.41, 5.74) is 0.729. The summed E-state index contributed by atoms with van der Waals surface area (Å²) in [4.78, 5) is 12.0. The molecule has 0 aromatic heterocycles. The number of halogens is 4. The topological polar surface area (TPSA) is 35.5 Å². The van der Waals surface area contributed by atoms with Crippen LogP contribution in [-0.4, -0.2) is 12.3 Å². The average Bonchev–Trinajstić information content (AvgIpc) is 2.46. The van der Waals surface area contributed by atoms with Crippen LogP contribution in [0, 0.1) is 0 Å². The SMILES string of the molecule is O=C(OCc1ccccc1)c1cc(OC(F)(F)F)ccc1Br. The molecule has 0 amide bonds. The number of carbonyl (C=O) groups is 1. The average molecular weight is 375 g/mol. The van der Waals surface area contributed by atoms with Crippen LogP contribution in [0.2, 0.25) is 0 Å². The molecule has 0 radical (unpaired) electrons. The fourth-order valence-corrected chi connectivity index (χ4v) is 2.07. The summed E-state index contributed by atoms with van der Waals surface area (Å²) in [7, 11) is 0. The molecular formula is C15H10BrF3O3. The number of ether oxygens (including phenoxy) is 2. The van der Waals surface area contributed by atoms with E-state index in [0.29, 0.717) is 4.47 Å². The Balaban J connectivity index is 2.10. The van der Waals surface area contributed by atoms with Crippen LogP contribution < -0.4 is 4.74 Å². The summed E-state index contributed by atoms with van der Waals surface area (Å²) in [6, 6.07) is 12.3. The van der Waals surface area contributed by atoms with E-state index in [9.17, 15) is 18.0 Å². The van der Waals surface area contributed by atoms with Gasteiger partial charge in [0.2, 0.25) is 0 Å². The smallest absolute Gasteiger partial charge is 0.457 e. The zero-order valence-corrected chi connectivity index (χ0v) is 12.6. The Hall–Kier alpha value is -2.02. The lowest BCUT2D eigenvalue weighted by molar-refractivity contribution is -0.274. The molecule has 0 atom stereocenters. The van der Waals surface area contributed by atoms with Crippen molar-refractivity contribution in [2.75, 3.05) is 0 Å². The van der Waals surface area contributed by atoms with Crippen LogP contribution >= 0.6 is 15.9 Å². The number of hydrogen-bond donors (Lipinski definition) is 0. The van der Waals surface area contributed by atoms with Crippen molar-refractivity contribution < 1.29 is 27.4 Å². The second-order valence-electron chi connectivity index (χ2n) is 4.25. The van der Waals surface area contributed by atoms with E-state index in [1.54, 1.807) is 24.3 Å². The van der Waals surface area contributed by atoms with Crippen LogP contribution in [0.5, 0.6) is 5.75 Å². The van der Waals surface area contributed by atoms with Gasteiger partial charge in [-0.2, -0.15) is 0 Å². The number of alkyl halides is 3. The molecule has 2 rings (SSSR count). The molecular weight excluding hydrogens is 365 g/mol. The van der Waals surface area contributed by atoms with Crippen LogP contribution in [0.4, 0.5) is 13.2 Å². The molecule has 0 aliphatic rings. The van der Waals surface area contributed by atoms with E-state index < -0.39 is 18.1 Å². The van der Waals surface area contributed by atoms with E-state index in [4.69, 9.17) is 4.74 Å². The quantitative estimate of drug-likeness (QED) is 0.727. The minimum Gasteiger partial charge on any atom is -0.457 e. The third kappa shape index (κ3) is 4.77. The van der Waals surface area contributed by atoms with Gasteiger partial charge < -0.3 is 9.47 Å². The van der Waals surface area contributed by atoms with Gasteiger partial charge in [0.05, 0.1) is 5.56 Å². The largest absolute Gasteiger partial charge is 0.573 e. The van der Waals surface area contributed by atoms with Crippen molar-refractivity contribution >= 4 is 21.9 Å². The highest BCUT2D eigenvalue weighted by atomic mass is 79.9. The zero-order valence-electron chi connectivity index (χ0n) is 11.1. The van der Waals surface area contributed by atoms with Crippen molar-refractivity contribution in [2.24, 2.45) is 0 Å². The Labute approximate surface area is 132 Å². The highest BCUT2D eigenvalue weighted by molar-refractivity contribution is 9.10. The van der Waals surface area contributed by atoms with Gasteiger partial charge in [0.25, 0.3) is 0 Å². The molecule has 3 nitrogen and oxygen atoms in total. The summed E-state index contributed by atoms with van der Waals surface area (Å²) < 4.78 is 45.8. The molecule has 0 unspecified atom stereocenters. The van der Waals surface area contributed by atoms with Gasteiger partial charge in [-0.05, 0) is 39.7 Å². The normalized spacial score (nSPS) is 11.1. The maximum atomic E-state index is 12.2. The van der Waals surface area contributed by atoms with E-state index in [2.05, 4.69) is 20.7 Å². The van der Waals surface area contributed by atoms with E-state index in [1.165, 1.54) is 6.07 Å². The minimum absolute atomic E-state index is 0.0243. The zero-order chi connectivity index (χ0) is 16.2. The second kappa shape index (κ2) is 6.83. The van der Waals surface area contributed by atoms with Gasteiger partial charge in [-0.25, -0.2) is 4.79 Å². The van der Waals surface area contributed by atoms with E-state index in [0.717, 1.165) is 17.7 Å². The lowest BCUT2D eigenvalue weighted by Gasteiger charge is -2.11. The summed E-state index contributed by atoms with van der Waals surface area (Å²) in [5.74, 6) is -1.23. The van der Waals surface area contributed by atoms with Crippen LogP contribution in [0.15, 0.2) is 53.0 Å². The fourth-order valence-electron chi connectivity index (χ4n) is 1.66. The van der Waals surface area contributed by atoms with Crippen LogP contribution in [0.3, 0.4) is 0 Å². The summed E-state index contributed by atoms with van der Waals surface area (Å²) in [6.45, 7) is 0.0243. The lowest BCUT2D eigenvalue weighted by Crippen LogP contribution is -2.17. The Bertz CT molecular complexity index is 657. The van der Waals surface area contributed by atoms with Crippen LogP contribution in [0.1, 0.15) is 15.9 Å². The van der Waals surface area contributed by atoms with Gasteiger partial charge in [-0.3, -0.25) is 0 Å². The second-order valence-corrected chi connectivity index (χ2v) is 5.11. The number of rotatable bonds is 4. The van der Waals surface area contributed by atoms with Crippen LogP contribution in [-0.2, 0) is 11.3 Å². The first kappa shape index (κ1) is 16.4. The number of benzene rings is 2. The molecule has 0 saturated heterocycles. The molecule has 0 saturated carbocycles. The molecule has 0 bridgehead atoms. The fraction of sp³-hybridized carbons (Fsp3) is 0.133. The molecule has 0 spiro atoms. The lowest BCUT2D eigenvalue weighted by atomic mass is 10.2. The first-order valence-electron chi connectivity index (χ1n) is 6.11. The molecule has 0 N–H and O–H groups in total. The van der Waals surface area contributed by atoms with E-state index in [-0.39, 0.29) is 12.2 Å². The molecule has 0 heterocycles. The van der Waals surface area contributed by atoms with Crippen molar-refractivity contribution in [2.45, 2.75) is 13.0 Å². The molecule has 2 aromatic carbocycles. The summed E-state index contributed by atoms with van der Waals surface area (Å²) in [6.07, 6.45) is -4.82. The maximum absolute atomic E-state index is 12.2. The first-order valence-corrected chi connectivity index (χ1v) is 6.91. The van der Waals surface area contributed by atoms with Gasteiger partial charge in [0, 0.05) is 4.47 Å². The third-order valence-electron chi connectivity index (χ3n) is 2.60. The van der Waals surface area contributed by atoms with Gasteiger partial charge in [0.1, 0.15) is 12.4 Å². The van der Waals surface area contributed by atoms with Crippen molar-refractivity contribution in [1.29, 1.82) is 0 Å². The molecule has 2 aromatic rings. The third-order valence-corrected chi connectivity index (χ3v) is 3.30. The Morgan fingerprint density at radius 2 is 1.77 bits per heavy atom. The first-order chi connectivity index (χ1) is 10.3. The van der Waals surface area contributed by atoms with Crippen molar-refractivity contribution in [3.63, 3.8) is 0 Å².